The van der Waals surface area contributed by atoms with Crippen LogP contribution in [-0.2, 0) is 0 Å². The predicted octanol–water partition coefficient (Wildman–Crippen LogP) is 1.47. The monoisotopic (exact) mass is 294 g/mol. The number of nitrogens with two attached hydrogens (primary N) is 2. The lowest BCUT2D eigenvalue weighted by Crippen LogP contribution is -2.21. The lowest BCUT2D eigenvalue weighted by molar-refractivity contribution is 0.491. The molecular weight excluding hydrogens is 289 g/mol. The van der Waals surface area contributed by atoms with Crippen LogP contribution >= 0.6 is 15.9 Å². The number of hydrogen-bond acceptors (Lipinski definition) is 2. The summed E-state index contributed by atoms with van der Waals surface area (Å²) in [4.78, 5) is 0. The first-order valence-electron chi connectivity index (χ1n) is 3.88. The van der Waals surface area contributed by atoms with Crippen molar-refractivity contribution in [1.29, 1.82) is 0 Å². The zero-order valence-electron chi connectivity index (χ0n) is 7.72. The molecule has 0 amide bonds. The molecule has 0 atom stereocenters. The van der Waals surface area contributed by atoms with E-state index in [4.69, 9.17) is 11.5 Å². The second-order valence-electron chi connectivity index (χ2n) is 2.65. The minimum Gasteiger partial charge on any atom is -0.369 e. The Morgan fingerprint density at radius 1 is 1.25 bits per heavy atom. The largest absolute Gasteiger partial charge is 0.369 e. The number of benzene rings is 1. The molecule has 1 rings (SSSR count). The minimum atomic E-state index is -1.37. The summed E-state index contributed by atoms with van der Waals surface area (Å²) in [6, 6.07) is 0.669. The molecule has 0 aromatic heterocycles. The van der Waals surface area contributed by atoms with Crippen molar-refractivity contribution >= 4 is 28.1 Å². The Morgan fingerprint density at radius 2 is 1.88 bits per heavy atom. The highest BCUT2D eigenvalue weighted by atomic mass is 79.9. The van der Waals surface area contributed by atoms with E-state index in [2.05, 4.69) is 26.1 Å². The molecule has 86 valence electrons. The maximum Gasteiger partial charge on any atom is 0.211 e. The summed E-state index contributed by atoms with van der Waals surface area (Å²) in [6.07, 6.45) is 0.679. The quantitative estimate of drug-likeness (QED) is 0.375. The van der Waals surface area contributed by atoms with Gasteiger partial charge in [0.1, 0.15) is 5.82 Å². The van der Waals surface area contributed by atoms with Crippen molar-refractivity contribution in [3.63, 3.8) is 0 Å². The van der Waals surface area contributed by atoms with Gasteiger partial charge in [0, 0.05) is 0 Å². The van der Waals surface area contributed by atoms with Crippen molar-refractivity contribution in [3.05, 3.63) is 33.6 Å². The van der Waals surface area contributed by atoms with E-state index in [9.17, 15) is 13.2 Å². The molecule has 0 spiro atoms. The molecule has 0 radical (unpaired) electrons. The third kappa shape index (κ3) is 2.72. The third-order valence-electron chi connectivity index (χ3n) is 1.51. The summed E-state index contributed by atoms with van der Waals surface area (Å²) in [7, 11) is 0. The van der Waals surface area contributed by atoms with Gasteiger partial charge in [-0.25, -0.2) is 13.2 Å². The van der Waals surface area contributed by atoms with E-state index in [1.807, 2.05) is 0 Å². The fourth-order valence-corrected chi connectivity index (χ4v) is 1.27. The highest BCUT2D eigenvalue weighted by molar-refractivity contribution is 9.10. The van der Waals surface area contributed by atoms with Crippen LogP contribution in [0.4, 0.5) is 13.2 Å². The van der Waals surface area contributed by atoms with Crippen LogP contribution in [0.25, 0.3) is 0 Å². The van der Waals surface area contributed by atoms with Gasteiger partial charge in [0.15, 0.2) is 11.6 Å². The number of halogens is 4. The smallest absolute Gasteiger partial charge is 0.211 e. The maximum absolute atomic E-state index is 13.3. The van der Waals surface area contributed by atoms with Crippen LogP contribution in [0.2, 0.25) is 0 Å². The van der Waals surface area contributed by atoms with E-state index < -0.39 is 23.0 Å². The molecule has 0 saturated carbocycles. The van der Waals surface area contributed by atoms with Crippen LogP contribution in [0.3, 0.4) is 0 Å². The average Bonchev–Trinajstić information content (AvgIpc) is 2.20. The Morgan fingerprint density at radius 3 is 2.44 bits per heavy atom. The summed E-state index contributed by atoms with van der Waals surface area (Å²) in [5.74, 6) is -3.95. The molecular formula is C8H6BrF3N4. The van der Waals surface area contributed by atoms with Crippen molar-refractivity contribution in [2.75, 3.05) is 0 Å². The van der Waals surface area contributed by atoms with Gasteiger partial charge in [-0.1, -0.05) is 0 Å². The Hall–Kier alpha value is -1.57. The Labute approximate surface area is 97.0 Å². The van der Waals surface area contributed by atoms with Gasteiger partial charge >= 0.3 is 0 Å². The Balaban J connectivity index is 3.23. The number of nitrogens with zero attached hydrogens (tertiary/aromatic N) is 2. The summed E-state index contributed by atoms with van der Waals surface area (Å²) < 4.78 is 39.1. The molecule has 8 heteroatoms. The van der Waals surface area contributed by atoms with Gasteiger partial charge in [0.2, 0.25) is 5.96 Å². The Kier molecular flexibility index (Phi) is 3.88. The van der Waals surface area contributed by atoms with Crippen molar-refractivity contribution in [2.45, 2.75) is 0 Å². The molecule has 0 saturated heterocycles. The standard InChI is InChI=1S/C8H6BrF3N4/c9-4-1-5(10)7(12)3(6(4)11)2-15-16-8(13)14/h1-2H,(H4,13,14,16). The van der Waals surface area contributed by atoms with Crippen molar-refractivity contribution in [3.8, 4) is 0 Å². The lowest BCUT2D eigenvalue weighted by Gasteiger charge is -2.01. The topological polar surface area (TPSA) is 76.8 Å². The average molecular weight is 295 g/mol. The normalized spacial score (nSPS) is 10.8. The predicted molar refractivity (Wildman–Crippen MR) is 57.4 cm³/mol. The van der Waals surface area contributed by atoms with Gasteiger partial charge in [-0.05, 0) is 22.0 Å². The second-order valence-corrected chi connectivity index (χ2v) is 3.51. The summed E-state index contributed by atoms with van der Waals surface area (Å²) in [5, 5.41) is 6.32. The van der Waals surface area contributed by atoms with Crippen LogP contribution in [0.5, 0.6) is 0 Å². The number of guanidine groups is 1. The first-order valence-corrected chi connectivity index (χ1v) is 4.67. The molecule has 16 heavy (non-hydrogen) atoms. The van der Waals surface area contributed by atoms with Crippen LogP contribution in [0.15, 0.2) is 20.7 Å². The molecule has 1 aromatic rings. The molecule has 1 aromatic carbocycles. The van der Waals surface area contributed by atoms with Crippen molar-refractivity contribution in [1.82, 2.24) is 0 Å². The van der Waals surface area contributed by atoms with E-state index >= 15 is 0 Å². The highest BCUT2D eigenvalue weighted by Crippen LogP contribution is 2.23. The maximum atomic E-state index is 13.3. The van der Waals surface area contributed by atoms with Crippen molar-refractivity contribution in [2.24, 2.45) is 21.7 Å². The number of hydrogen-bond donors (Lipinski definition) is 2. The summed E-state index contributed by atoms with van der Waals surface area (Å²) in [6.45, 7) is 0. The summed E-state index contributed by atoms with van der Waals surface area (Å²) >= 11 is 2.72. The molecule has 0 fully saturated rings. The molecule has 0 aliphatic heterocycles. The van der Waals surface area contributed by atoms with E-state index in [0.29, 0.717) is 12.3 Å². The van der Waals surface area contributed by atoms with E-state index in [1.54, 1.807) is 0 Å². The highest BCUT2D eigenvalue weighted by Gasteiger charge is 2.15. The molecule has 0 bridgehead atoms. The first kappa shape index (κ1) is 12.5. The van der Waals surface area contributed by atoms with Crippen LogP contribution in [0.1, 0.15) is 5.56 Å². The van der Waals surface area contributed by atoms with Crippen LogP contribution in [0, 0.1) is 17.5 Å². The van der Waals surface area contributed by atoms with E-state index in [-0.39, 0.29) is 10.4 Å². The van der Waals surface area contributed by atoms with Crippen LogP contribution < -0.4 is 11.5 Å². The zero-order chi connectivity index (χ0) is 12.3. The van der Waals surface area contributed by atoms with Crippen molar-refractivity contribution < 1.29 is 13.2 Å². The SMILES string of the molecule is NC(N)=NN=Cc1c(F)c(F)cc(Br)c1F. The molecule has 0 heterocycles. The molecule has 0 aliphatic rings. The first-order chi connectivity index (χ1) is 7.43. The lowest BCUT2D eigenvalue weighted by atomic mass is 10.2. The van der Waals surface area contributed by atoms with E-state index in [1.165, 1.54) is 0 Å². The third-order valence-corrected chi connectivity index (χ3v) is 2.08. The van der Waals surface area contributed by atoms with Gasteiger partial charge < -0.3 is 11.5 Å². The minimum absolute atomic E-state index is 0.224. The summed E-state index contributed by atoms with van der Waals surface area (Å²) in [5.41, 5.74) is 9.20. The fourth-order valence-electron chi connectivity index (χ4n) is 0.858. The Bertz CT molecular complexity index is 443. The van der Waals surface area contributed by atoms with E-state index in [0.717, 1.165) is 0 Å². The number of rotatable bonds is 2. The fraction of sp³-hybridized carbons (Fsp3) is 0. The molecule has 0 unspecified atom stereocenters. The second kappa shape index (κ2) is 4.97. The van der Waals surface area contributed by atoms with Gasteiger partial charge in [-0.3, -0.25) is 0 Å². The van der Waals surface area contributed by atoms with Gasteiger partial charge in [-0.2, -0.15) is 5.10 Å². The van der Waals surface area contributed by atoms with Crippen LogP contribution in [-0.4, -0.2) is 12.2 Å². The van der Waals surface area contributed by atoms with Gasteiger partial charge in [-0.15, -0.1) is 5.10 Å². The molecule has 4 nitrogen and oxygen atoms in total. The molecule has 4 N–H and O–H groups in total. The van der Waals surface area contributed by atoms with Gasteiger partial charge in [0.05, 0.1) is 16.3 Å². The zero-order valence-corrected chi connectivity index (χ0v) is 9.30. The van der Waals surface area contributed by atoms with Gasteiger partial charge in [0.25, 0.3) is 0 Å². The molecule has 0 aliphatic carbocycles.